The summed E-state index contributed by atoms with van der Waals surface area (Å²) in [6.45, 7) is 2.76. The summed E-state index contributed by atoms with van der Waals surface area (Å²) in [6, 6.07) is 0. The van der Waals surface area contributed by atoms with Crippen LogP contribution in [0.5, 0.6) is 0 Å². The molecule has 0 unspecified atom stereocenters. The van der Waals surface area contributed by atoms with Gasteiger partial charge in [0.25, 0.3) is 0 Å². The molecule has 98 valence electrons. The zero-order valence-electron chi connectivity index (χ0n) is 9.52. The molecule has 0 spiro atoms. The fourth-order valence-electron chi connectivity index (χ4n) is 1.99. The van der Waals surface area contributed by atoms with Gasteiger partial charge in [0.05, 0.1) is 6.42 Å². The predicted molar refractivity (Wildman–Crippen MR) is 61.0 cm³/mol. The summed E-state index contributed by atoms with van der Waals surface area (Å²) in [5, 5.41) is 3.11. The quantitative estimate of drug-likeness (QED) is 0.834. The Morgan fingerprint density at radius 2 is 1.81 bits per heavy atom. The van der Waals surface area contributed by atoms with Crippen LogP contribution in [0.15, 0.2) is 0 Å². The number of alkyl halides is 3. The number of hydrogen-bond acceptors (Lipinski definition) is 2. The van der Waals surface area contributed by atoms with Gasteiger partial charge in [-0.2, -0.15) is 13.2 Å². The average Bonchev–Trinajstić information content (AvgIpc) is 2.16. The Morgan fingerprint density at radius 1 is 1.25 bits per heavy atom. The molecule has 1 aliphatic heterocycles. The van der Waals surface area contributed by atoms with Gasteiger partial charge in [-0.3, -0.25) is 0 Å². The number of nitrogens with one attached hydrogen (secondary N) is 1. The Morgan fingerprint density at radius 3 is 2.25 bits per heavy atom. The third-order valence-electron chi connectivity index (χ3n) is 2.91. The van der Waals surface area contributed by atoms with Crippen molar-refractivity contribution >= 4 is 12.4 Å². The van der Waals surface area contributed by atoms with Crippen molar-refractivity contribution in [2.24, 2.45) is 5.92 Å². The molecular formula is C10H20ClF3N2. The fourth-order valence-corrected chi connectivity index (χ4v) is 1.99. The van der Waals surface area contributed by atoms with Crippen molar-refractivity contribution in [1.29, 1.82) is 0 Å². The summed E-state index contributed by atoms with van der Waals surface area (Å²) in [5.74, 6) is 0.636. The first-order valence-electron chi connectivity index (χ1n) is 5.45. The van der Waals surface area contributed by atoms with Crippen LogP contribution in [0.4, 0.5) is 13.2 Å². The summed E-state index contributed by atoms with van der Waals surface area (Å²) in [6.07, 6.45) is -2.66. The minimum absolute atomic E-state index is 0. The number of hydrogen-bond donors (Lipinski definition) is 1. The van der Waals surface area contributed by atoms with E-state index in [4.69, 9.17) is 0 Å². The third-order valence-corrected chi connectivity index (χ3v) is 2.91. The van der Waals surface area contributed by atoms with Crippen LogP contribution in [0.25, 0.3) is 0 Å². The molecule has 0 aromatic rings. The first-order chi connectivity index (χ1) is 7.01. The molecule has 0 bridgehead atoms. The van der Waals surface area contributed by atoms with Crippen molar-refractivity contribution in [1.82, 2.24) is 10.2 Å². The highest BCUT2D eigenvalue weighted by Crippen LogP contribution is 2.22. The molecule has 1 rings (SSSR count). The fraction of sp³-hybridized carbons (Fsp3) is 1.00. The molecular weight excluding hydrogens is 241 g/mol. The second-order valence-corrected chi connectivity index (χ2v) is 4.21. The molecule has 16 heavy (non-hydrogen) atoms. The van der Waals surface area contributed by atoms with Crippen LogP contribution in [-0.2, 0) is 0 Å². The van der Waals surface area contributed by atoms with Gasteiger partial charge in [-0.1, -0.05) is 0 Å². The molecule has 0 radical (unpaired) electrons. The summed E-state index contributed by atoms with van der Waals surface area (Å²) in [4.78, 5) is 1.92. The van der Waals surface area contributed by atoms with E-state index < -0.39 is 12.6 Å². The lowest BCUT2D eigenvalue weighted by atomic mass is 9.97. The van der Waals surface area contributed by atoms with Gasteiger partial charge < -0.3 is 10.2 Å². The molecule has 1 aliphatic rings. The first-order valence-corrected chi connectivity index (χ1v) is 5.45. The Bertz CT molecular complexity index is 179. The smallest absolute Gasteiger partial charge is 0.319 e. The average molecular weight is 261 g/mol. The highest BCUT2D eigenvalue weighted by atomic mass is 35.5. The largest absolute Gasteiger partial charge is 0.390 e. The third kappa shape index (κ3) is 6.55. The molecule has 0 aliphatic carbocycles. The van der Waals surface area contributed by atoms with Gasteiger partial charge in [0.2, 0.25) is 0 Å². The SMILES string of the molecule is CNCC1CCN(CCC(F)(F)F)CC1.Cl. The minimum atomic E-state index is -4.01. The number of halogens is 4. The highest BCUT2D eigenvalue weighted by Gasteiger charge is 2.28. The lowest BCUT2D eigenvalue weighted by Crippen LogP contribution is -2.38. The van der Waals surface area contributed by atoms with E-state index >= 15 is 0 Å². The van der Waals surface area contributed by atoms with E-state index in [9.17, 15) is 13.2 Å². The first kappa shape index (κ1) is 16.0. The van der Waals surface area contributed by atoms with Gasteiger partial charge in [-0.25, -0.2) is 0 Å². The second-order valence-electron chi connectivity index (χ2n) is 4.21. The number of rotatable bonds is 4. The van der Waals surface area contributed by atoms with Gasteiger partial charge in [-0.15, -0.1) is 12.4 Å². The summed E-state index contributed by atoms with van der Waals surface area (Å²) in [7, 11) is 1.91. The topological polar surface area (TPSA) is 15.3 Å². The van der Waals surface area contributed by atoms with E-state index in [2.05, 4.69) is 5.32 Å². The molecule has 1 N–H and O–H groups in total. The minimum Gasteiger partial charge on any atom is -0.319 e. The lowest BCUT2D eigenvalue weighted by Gasteiger charge is -2.31. The van der Waals surface area contributed by atoms with E-state index in [1.165, 1.54) is 0 Å². The maximum absolute atomic E-state index is 12.0. The number of nitrogens with zero attached hydrogens (tertiary/aromatic N) is 1. The van der Waals surface area contributed by atoms with Crippen LogP contribution in [0.2, 0.25) is 0 Å². The standard InChI is InChI=1S/C10H19F3N2.ClH/c1-14-8-9-2-5-15(6-3-9)7-4-10(11,12)13;/h9,14H,2-8H2,1H3;1H. The Balaban J connectivity index is 0.00000225. The molecule has 0 aromatic carbocycles. The summed E-state index contributed by atoms with van der Waals surface area (Å²) >= 11 is 0. The van der Waals surface area contributed by atoms with E-state index in [0.29, 0.717) is 5.92 Å². The molecule has 1 saturated heterocycles. The predicted octanol–water partition coefficient (Wildman–Crippen LogP) is 2.29. The van der Waals surface area contributed by atoms with Crippen LogP contribution in [-0.4, -0.2) is 44.3 Å². The van der Waals surface area contributed by atoms with Crippen molar-refractivity contribution in [2.75, 3.05) is 33.2 Å². The summed E-state index contributed by atoms with van der Waals surface area (Å²) < 4.78 is 35.9. The van der Waals surface area contributed by atoms with Gasteiger partial charge in [0.1, 0.15) is 0 Å². The highest BCUT2D eigenvalue weighted by molar-refractivity contribution is 5.85. The van der Waals surface area contributed by atoms with Gasteiger partial charge in [-0.05, 0) is 45.4 Å². The van der Waals surface area contributed by atoms with E-state index in [1.807, 2.05) is 11.9 Å². The normalized spacial score (nSPS) is 19.5. The van der Waals surface area contributed by atoms with Crippen LogP contribution in [0.1, 0.15) is 19.3 Å². The van der Waals surface area contributed by atoms with Crippen LogP contribution in [0.3, 0.4) is 0 Å². The van der Waals surface area contributed by atoms with Gasteiger partial charge in [0.15, 0.2) is 0 Å². The van der Waals surface area contributed by atoms with Crippen molar-refractivity contribution in [3.63, 3.8) is 0 Å². The van der Waals surface area contributed by atoms with E-state index in [0.717, 1.165) is 32.5 Å². The molecule has 0 amide bonds. The van der Waals surface area contributed by atoms with Gasteiger partial charge >= 0.3 is 6.18 Å². The monoisotopic (exact) mass is 260 g/mol. The number of likely N-dealkylation sites (tertiary alicyclic amines) is 1. The van der Waals surface area contributed by atoms with E-state index in [1.54, 1.807) is 0 Å². The molecule has 0 atom stereocenters. The molecule has 0 aromatic heterocycles. The Hall–Kier alpha value is -0.0000000000000000555. The zero-order valence-corrected chi connectivity index (χ0v) is 10.3. The Labute approximate surface area is 101 Å². The van der Waals surface area contributed by atoms with Crippen molar-refractivity contribution in [3.05, 3.63) is 0 Å². The summed E-state index contributed by atoms with van der Waals surface area (Å²) in [5.41, 5.74) is 0. The molecule has 6 heteroatoms. The maximum atomic E-state index is 12.0. The molecule has 0 saturated carbocycles. The lowest BCUT2D eigenvalue weighted by molar-refractivity contribution is -0.138. The van der Waals surface area contributed by atoms with Crippen LogP contribution in [0, 0.1) is 5.92 Å². The second kappa shape index (κ2) is 7.35. The number of piperidine rings is 1. The van der Waals surface area contributed by atoms with Crippen molar-refractivity contribution in [3.8, 4) is 0 Å². The molecule has 1 heterocycles. The van der Waals surface area contributed by atoms with Crippen LogP contribution >= 0.6 is 12.4 Å². The Kier molecular flexibility index (Phi) is 7.35. The van der Waals surface area contributed by atoms with Crippen molar-refractivity contribution < 1.29 is 13.2 Å². The van der Waals surface area contributed by atoms with Crippen LogP contribution < -0.4 is 5.32 Å². The molecule has 1 fully saturated rings. The maximum Gasteiger partial charge on any atom is 0.390 e. The van der Waals surface area contributed by atoms with E-state index in [-0.39, 0.29) is 19.0 Å². The zero-order chi connectivity index (χ0) is 11.3. The van der Waals surface area contributed by atoms with Crippen molar-refractivity contribution in [2.45, 2.75) is 25.4 Å². The van der Waals surface area contributed by atoms with Gasteiger partial charge in [0, 0.05) is 6.54 Å². The molecule has 2 nitrogen and oxygen atoms in total.